The van der Waals surface area contributed by atoms with Gasteiger partial charge >= 0.3 is 5.97 Å². The van der Waals surface area contributed by atoms with Crippen LogP contribution in [-0.4, -0.2) is 45.2 Å². The van der Waals surface area contributed by atoms with Gasteiger partial charge in [0.05, 0.1) is 12.5 Å². The first kappa shape index (κ1) is 17.8. The number of carbonyl (C=O) groups is 2. The summed E-state index contributed by atoms with van der Waals surface area (Å²) >= 11 is 0. The third-order valence-electron chi connectivity index (χ3n) is 3.06. The average molecular weight is 340 g/mol. The number of hydrogen-bond donors (Lipinski definition) is 1. The molecule has 1 amide bonds. The van der Waals surface area contributed by atoms with Crippen LogP contribution in [0.4, 0.5) is 0 Å². The van der Waals surface area contributed by atoms with Crippen LogP contribution in [0.5, 0.6) is 0 Å². The van der Waals surface area contributed by atoms with Gasteiger partial charge in [-0.25, -0.2) is 4.79 Å². The van der Waals surface area contributed by atoms with Crippen molar-refractivity contribution in [3.8, 4) is 6.07 Å². The molecule has 0 saturated carbocycles. The van der Waals surface area contributed by atoms with E-state index in [1.54, 1.807) is 13.0 Å². The Balaban J connectivity index is 2.12. The van der Waals surface area contributed by atoms with Crippen molar-refractivity contribution in [1.82, 2.24) is 25.5 Å². The molecule has 1 aromatic heterocycles. The zero-order valence-corrected chi connectivity index (χ0v) is 13.5. The lowest BCUT2D eigenvalue weighted by Crippen LogP contribution is -2.30. The lowest BCUT2D eigenvalue weighted by atomic mass is 10.2. The summed E-state index contributed by atoms with van der Waals surface area (Å²) in [4.78, 5) is 24.0. The highest BCUT2D eigenvalue weighted by Crippen LogP contribution is 2.13. The number of aromatic nitrogens is 4. The molecule has 25 heavy (non-hydrogen) atoms. The maximum atomic E-state index is 12.4. The number of nitrogens with one attached hydrogen (secondary N) is 1. The van der Waals surface area contributed by atoms with Crippen LogP contribution in [-0.2, 0) is 14.3 Å². The molecule has 0 bridgehead atoms. The monoisotopic (exact) mass is 340 g/mol. The Morgan fingerprint density at radius 1 is 1.36 bits per heavy atom. The summed E-state index contributed by atoms with van der Waals surface area (Å²) in [7, 11) is 0. The average Bonchev–Trinajstić information content (AvgIpc) is 3.04. The first-order chi connectivity index (χ1) is 12.1. The molecule has 0 aliphatic rings. The second-order valence-corrected chi connectivity index (χ2v) is 4.91. The van der Waals surface area contributed by atoms with Gasteiger partial charge in [0.1, 0.15) is 0 Å². The van der Waals surface area contributed by atoms with Crippen LogP contribution < -0.4 is 5.32 Å². The number of benzene rings is 1. The molecule has 0 aliphatic heterocycles. The SMILES string of the molecule is Cc1nnnn1/C(=C\c1ccccc1)C(=O)OCC(=O)NCCC#N. The predicted molar refractivity (Wildman–Crippen MR) is 87.4 cm³/mol. The molecule has 1 heterocycles. The Labute approximate surface area is 143 Å². The molecule has 2 aromatic rings. The second kappa shape index (κ2) is 8.93. The summed E-state index contributed by atoms with van der Waals surface area (Å²) in [5.41, 5.74) is 0.835. The number of hydrogen-bond acceptors (Lipinski definition) is 7. The molecule has 0 radical (unpaired) electrons. The van der Waals surface area contributed by atoms with Crippen LogP contribution >= 0.6 is 0 Å². The fraction of sp³-hybridized carbons (Fsp3) is 0.250. The molecule has 0 saturated heterocycles. The third kappa shape index (κ3) is 5.24. The van der Waals surface area contributed by atoms with E-state index in [-0.39, 0.29) is 18.7 Å². The topological polar surface area (TPSA) is 123 Å². The van der Waals surface area contributed by atoms with E-state index in [2.05, 4.69) is 20.8 Å². The van der Waals surface area contributed by atoms with Crippen LogP contribution in [0.1, 0.15) is 17.8 Å². The highest BCUT2D eigenvalue weighted by molar-refractivity contribution is 6.15. The van der Waals surface area contributed by atoms with Crippen molar-refractivity contribution < 1.29 is 14.3 Å². The Kier molecular flexibility index (Phi) is 6.36. The van der Waals surface area contributed by atoms with E-state index in [1.807, 2.05) is 36.4 Å². The number of ether oxygens (including phenoxy) is 1. The summed E-state index contributed by atoms with van der Waals surface area (Å²) < 4.78 is 6.27. The number of esters is 1. The Bertz CT molecular complexity index is 807. The molecule has 9 heteroatoms. The molecule has 1 aromatic carbocycles. The van der Waals surface area contributed by atoms with E-state index in [9.17, 15) is 9.59 Å². The lowest BCUT2D eigenvalue weighted by Gasteiger charge is -2.09. The van der Waals surface area contributed by atoms with Gasteiger partial charge in [0.15, 0.2) is 18.1 Å². The van der Waals surface area contributed by atoms with E-state index >= 15 is 0 Å². The summed E-state index contributed by atoms with van der Waals surface area (Å²) in [5, 5.41) is 21.9. The Morgan fingerprint density at radius 2 is 2.12 bits per heavy atom. The van der Waals surface area contributed by atoms with E-state index in [0.29, 0.717) is 5.82 Å². The van der Waals surface area contributed by atoms with Gasteiger partial charge in [0.2, 0.25) is 0 Å². The molecular weight excluding hydrogens is 324 g/mol. The molecule has 0 aliphatic carbocycles. The highest BCUT2D eigenvalue weighted by Gasteiger charge is 2.18. The minimum atomic E-state index is -0.741. The number of carbonyl (C=O) groups excluding carboxylic acids is 2. The van der Waals surface area contributed by atoms with Gasteiger partial charge in [-0.3, -0.25) is 4.79 Å². The van der Waals surface area contributed by atoms with E-state index in [0.717, 1.165) is 5.56 Å². The number of tetrazole rings is 1. The molecule has 9 nitrogen and oxygen atoms in total. The van der Waals surface area contributed by atoms with Crippen molar-refractivity contribution in [2.45, 2.75) is 13.3 Å². The maximum absolute atomic E-state index is 12.4. The van der Waals surface area contributed by atoms with Gasteiger partial charge in [-0.05, 0) is 29.0 Å². The van der Waals surface area contributed by atoms with Crippen molar-refractivity contribution in [1.29, 1.82) is 5.26 Å². The summed E-state index contributed by atoms with van der Waals surface area (Å²) in [6.07, 6.45) is 1.75. The number of nitriles is 1. The molecule has 0 atom stereocenters. The van der Waals surface area contributed by atoms with E-state index < -0.39 is 18.5 Å². The predicted octanol–water partition coefficient (Wildman–Crippen LogP) is 0.553. The van der Waals surface area contributed by atoms with Gasteiger partial charge in [-0.15, -0.1) is 5.10 Å². The molecular formula is C16H16N6O3. The first-order valence-electron chi connectivity index (χ1n) is 7.44. The fourth-order valence-electron chi connectivity index (χ4n) is 1.88. The van der Waals surface area contributed by atoms with E-state index in [1.165, 1.54) is 4.68 Å². The standard InChI is InChI=1S/C16H16N6O3/c1-12-19-20-21-22(12)14(10-13-6-3-2-4-7-13)16(24)25-11-15(23)18-9-5-8-17/h2-4,6-7,10H,5,9,11H2,1H3,(H,18,23)/b14-10-. The van der Waals surface area contributed by atoms with Crippen molar-refractivity contribution in [2.24, 2.45) is 0 Å². The van der Waals surface area contributed by atoms with Crippen LogP contribution in [0.2, 0.25) is 0 Å². The molecule has 0 unspecified atom stereocenters. The fourth-order valence-corrected chi connectivity index (χ4v) is 1.88. The normalized spacial score (nSPS) is 10.8. The van der Waals surface area contributed by atoms with Crippen LogP contribution in [0.3, 0.4) is 0 Å². The second-order valence-electron chi connectivity index (χ2n) is 4.91. The molecule has 0 spiro atoms. The third-order valence-corrected chi connectivity index (χ3v) is 3.06. The Hall–Kier alpha value is -3.54. The summed E-state index contributed by atoms with van der Waals surface area (Å²) in [6, 6.07) is 11.0. The number of aryl methyl sites for hydroxylation is 1. The number of rotatable bonds is 7. The van der Waals surface area contributed by atoms with Crippen molar-refractivity contribution in [3.05, 3.63) is 41.7 Å². The summed E-state index contributed by atoms with van der Waals surface area (Å²) in [5.74, 6) is -0.830. The molecule has 128 valence electrons. The summed E-state index contributed by atoms with van der Waals surface area (Å²) in [6.45, 7) is 1.38. The molecule has 0 fully saturated rings. The lowest BCUT2D eigenvalue weighted by molar-refractivity contribution is -0.143. The number of nitrogens with zero attached hydrogens (tertiary/aromatic N) is 5. The van der Waals surface area contributed by atoms with Crippen LogP contribution in [0.15, 0.2) is 30.3 Å². The van der Waals surface area contributed by atoms with Gasteiger partial charge in [0.25, 0.3) is 5.91 Å². The van der Waals surface area contributed by atoms with Gasteiger partial charge in [-0.2, -0.15) is 9.94 Å². The highest BCUT2D eigenvalue weighted by atomic mass is 16.5. The zero-order chi connectivity index (χ0) is 18.1. The van der Waals surface area contributed by atoms with Gasteiger partial charge in [-0.1, -0.05) is 30.3 Å². The quantitative estimate of drug-likeness (QED) is 0.443. The van der Waals surface area contributed by atoms with Crippen LogP contribution in [0, 0.1) is 18.3 Å². The number of amides is 1. The molecule has 2 rings (SSSR count). The zero-order valence-electron chi connectivity index (χ0n) is 13.5. The van der Waals surface area contributed by atoms with Crippen molar-refractivity contribution >= 4 is 23.6 Å². The Morgan fingerprint density at radius 3 is 2.76 bits per heavy atom. The van der Waals surface area contributed by atoms with Crippen molar-refractivity contribution in [3.63, 3.8) is 0 Å². The minimum absolute atomic E-state index is 0.0820. The van der Waals surface area contributed by atoms with Crippen molar-refractivity contribution in [2.75, 3.05) is 13.2 Å². The first-order valence-corrected chi connectivity index (χ1v) is 7.44. The van der Waals surface area contributed by atoms with Gasteiger partial charge in [0, 0.05) is 6.54 Å². The largest absolute Gasteiger partial charge is 0.451 e. The van der Waals surface area contributed by atoms with E-state index in [4.69, 9.17) is 10.00 Å². The maximum Gasteiger partial charge on any atom is 0.357 e. The molecule has 1 N–H and O–H groups in total. The smallest absolute Gasteiger partial charge is 0.357 e. The minimum Gasteiger partial charge on any atom is -0.451 e. The van der Waals surface area contributed by atoms with Gasteiger partial charge < -0.3 is 10.1 Å². The van der Waals surface area contributed by atoms with Crippen LogP contribution in [0.25, 0.3) is 11.8 Å².